The molecule has 1 aliphatic rings. The molecule has 0 aliphatic carbocycles. The third kappa shape index (κ3) is 3.28. The molecule has 0 spiro atoms. The molecule has 0 unspecified atom stereocenters. The number of H-pyrrole nitrogens is 1. The van der Waals surface area contributed by atoms with Crippen LogP contribution in [-0.4, -0.2) is 28.2 Å². The quantitative estimate of drug-likeness (QED) is 0.650. The van der Waals surface area contributed by atoms with E-state index in [0.717, 1.165) is 38.9 Å². The van der Waals surface area contributed by atoms with Gasteiger partial charge < -0.3 is 15.6 Å². The first-order valence-corrected chi connectivity index (χ1v) is 9.92. The van der Waals surface area contributed by atoms with Gasteiger partial charge in [-0.05, 0) is 60.2 Å². The number of aromatic amines is 1. The SMILES string of the molecule is C=CC(=O)N1CCc2cc(-c3c(F)cc(CC(N)=O)c4[nH]c(C)c(C)c34)ccc2C1. The van der Waals surface area contributed by atoms with E-state index in [9.17, 15) is 9.59 Å². The van der Waals surface area contributed by atoms with Gasteiger partial charge in [0.2, 0.25) is 11.8 Å². The van der Waals surface area contributed by atoms with Crippen LogP contribution in [-0.2, 0) is 29.0 Å². The average molecular weight is 405 g/mol. The lowest BCUT2D eigenvalue weighted by molar-refractivity contribution is -0.126. The van der Waals surface area contributed by atoms with E-state index in [1.54, 1.807) is 4.90 Å². The summed E-state index contributed by atoms with van der Waals surface area (Å²) >= 11 is 0. The minimum Gasteiger partial charge on any atom is -0.369 e. The molecule has 4 rings (SSSR count). The van der Waals surface area contributed by atoms with Gasteiger partial charge in [-0.2, -0.15) is 0 Å². The van der Waals surface area contributed by atoms with E-state index in [-0.39, 0.29) is 18.1 Å². The van der Waals surface area contributed by atoms with Crippen molar-refractivity contribution in [1.82, 2.24) is 9.88 Å². The molecule has 0 radical (unpaired) electrons. The molecule has 6 heteroatoms. The largest absolute Gasteiger partial charge is 0.369 e. The number of rotatable bonds is 4. The van der Waals surface area contributed by atoms with Gasteiger partial charge >= 0.3 is 0 Å². The van der Waals surface area contributed by atoms with Crippen molar-refractivity contribution >= 4 is 22.7 Å². The number of aryl methyl sites for hydroxylation is 2. The van der Waals surface area contributed by atoms with E-state index in [4.69, 9.17) is 5.73 Å². The summed E-state index contributed by atoms with van der Waals surface area (Å²) in [5, 5.41) is 0.781. The van der Waals surface area contributed by atoms with E-state index >= 15 is 4.39 Å². The molecule has 2 aromatic carbocycles. The Morgan fingerprint density at radius 2 is 2.03 bits per heavy atom. The number of halogens is 1. The zero-order valence-electron chi connectivity index (χ0n) is 17.1. The van der Waals surface area contributed by atoms with Crippen molar-refractivity contribution < 1.29 is 14.0 Å². The Labute approximate surface area is 174 Å². The van der Waals surface area contributed by atoms with Gasteiger partial charge in [-0.3, -0.25) is 9.59 Å². The van der Waals surface area contributed by atoms with E-state index in [1.165, 1.54) is 12.1 Å². The molecule has 3 aromatic rings. The standard InChI is InChI=1S/C24H24FN3O2/c1-4-21(30)28-8-7-15-9-16(5-6-17(15)12-28)23-19(25)10-18(11-20(26)29)24-22(23)13(2)14(3)27-24/h4-6,9-10,27H,1,7-8,11-12H2,2-3H3,(H2,26,29). The highest BCUT2D eigenvalue weighted by Crippen LogP contribution is 2.38. The first-order valence-electron chi connectivity index (χ1n) is 9.92. The summed E-state index contributed by atoms with van der Waals surface area (Å²) in [6.07, 6.45) is 2.01. The number of amides is 2. The molecule has 0 saturated carbocycles. The summed E-state index contributed by atoms with van der Waals surface area (Å²) in [6, 6.07) is 7.28. The number of hydrogen-bond acceptors (Lipinski definition) is 2. The van der Waals surface area contributed by atoms with Crippen molar-refractivity contribution in [2.75, 3.05) is 6.54 Å². The van der Waals surface area contributed by atoms with Crippen LogP contribution in [0.4, 0.5) is 4.39 Å². The van der Waals surface area contributed by atoms with Gasteiger partial charge in [-0.25, -0.2) is 4.39 Å². The smallest absolute Gasteiger partial charge is 0.246 e. The second-order valence-electron chi connectivity index (χ2n) is 7.86. The molecule has 2 heterocycles. The molecule has 1 aromatic heterocycles. The minimum absolute atomic E-state index is 0.0234. The van der Waals surface area contributed by atoms with E-state index in [2.05, 4.69) is 11.6 Å². The fourth-order valence-corrected chi connectivity index (χ4v) is 4.32. The van der Waals surface area contributed by atoms with Gasteiger partial charge in [0.15, 0.2) is 0 Å². The molecule has 1 aliphatic heterocycles. The zero-order chi connectivity index (χ0) is 21.6. The number of carbonyl (C=O) groups is 2. The number of primary amides is 1. The highest BCUT2D eigenvalue weighted by atomic mass is 19.1. The van der Waals surface area contributed by atoms with Crippen LogP contribution in [0.15, 0.2) is 36.9 Å². The van der Waals surface area contributed by atoms with Gasteiger partial charge in [0.1, 0.15) is 5.82 Å². The third-order valence-electron chi connectivity index (χ3n) is 5.97. The van der Waals surface area contributed by atoms with Crippen LogP contribution in [0.5, 0.6) is 0 Å². The van der Waals surface area contributed by atoms with Crippen LogP contribution in [0.3, 0.4) is 0 Å². The maximum Gasteiger partial charge on any atom is 0.246 e. The summed E-state index contributed by atoms with van der Waals surface area (Å²) in [5.74, 6) is -0.957. The summed E-state index contributed by atoms with van der Waals surface area (Å²) in [7, 11) is 0. The Morgan fingerprint density at radius 3 is 2.73 bits per heavy atom. The lowest BCUT2D eigenvalue weighted by atomic mass is 9.91. The topological polar surface area (TPSA) is 79.2 Å². The highest BCUT2D eigenvalue weighted by Gasteiger charge is 2.23. The Hall–Kier alpha value is -3.41. The third-order valence-corrected chi connectivity index (χ3v) is 5.97. The van der Waals surface area contributed by atoms with Crippen molar-refractivity contribution in [3.63, 3.8) is 0 Å². The molecule has 0 fully saturated rings. The molecule has 30 heavy (non-hydrogen) atoms. The first kappa shape index (κ1) is 19.9. The summed E-state index contributed by atoms with van der Waals surface area (Å²) < 4.78 is 15.3. The molecule has 0 bridgehead atoms. The number of nitrogens with one attached hydrogen (secondary N) is 1. The van der Waals surface area contributed by atoms with Gasteiger partial charge in [-0.15, -0.1) is 0 Å². The van der Waals surface area contributed by atoms with Crippen LogP contribution in [0, 0.1) is 19.7 Å². The molecule has 0 atom stereocenters. The number of hydrogen-bond donors (Lipinski definition) is 2. The fraction of sp³-hybridized carbons (Fsp3) is 0.250. The van der Waals surface area contributed by atoms with Gasteiger partial charge in [-0.1, -0.05) is 24.8 Å². The van der Waals surface area contributed by atoms with Crippen LogP contribution < -0.4 is 5.73 Å². The zero-order valence-corrected chi connectivity index (χ0v) is 17.1. The van der Waals surface area contributed by atoms with Crippen molar-refractivity contribution in [1.29, 1.82) is 0 Å². The lowest BCUT2D eigenvalue weighted by Crippen LogP contribution is -2.34. The minimum atomic E-state index is -0.499. The highest BCUT2D eigenvalue weighted by molar-refractivity contribution is 6.01. The number of carbonyl (C=O) groups excluding carboxylic acids is 2. The second-order valence-corrected chi connectivity index (χ2v) is 7.86. The molecule has 154 valence electrons. The van der Waals surface area contributed by atoms with Gasteiger partial charge in [0.25, 0.3) is 0 Å². The molecular weight excluding hydrogens is 381 g/mol. The predicted molar refractivity (Wildman–Crippen MR) is 115 cm³/mol. The van der Waals surface area contributed by atoms with Crippen molar-refractivity contribution in [2.24, 2.45) is 5.73 Å². The maximum atomic E-state index is 15.3. The number of nitrogens with zero attached hydrogens (tertiary/aromatic N) is 1. The molecular formula is C24H24FN3O2. The number of benzene rings is 2. The summed E-state index contributed by atoms with van der Waals surface area (Å²) in [4.78, 5) is 28.5. The van der Waals surface area contributed by atoms with Crippen molar-refractivity contribution in [2.45, 2.75) is 33.2 Å². The number of nitrogens with two attached hydrogens (primary N) is 1. The molecule has 5 nitrogen and oxygen atoms in total. The van der Waals surface area contributed by atoms with E-state index in [1.807, 2.05) is 32.0 Å². The van der Waals surface area contributed by atoms with Gasteiger partial charge in [0.05, 0.1) is 11.9 Å². The monoisotopic (exact) mass is 405 g/mol. The maximum absolute atomic E-state index is 15.3. The predicted octanol–water partition coefficient (Wildman–Crippen LogP) is 3.69. The number of aromatic nitrogens is 1. The van der Waals surface area contributed by atoms with Crippen LogP contribution in [0.2, 0.25) is 0 Å². The first-order chi connectivity index (χ1) is 14.3. The summed E-state index contributed by atoms with van der Waals surface area (Å²) in [5.41, 5.74) is 12.0. The molecule has 0 saturated heterocycles. The summed E-state index contributed by atoms with van der Waals surface area (Å²) in [6.45, 7) is 8.57. The van der Waals surface area contributed by atoms with E-state index < -0.39 is 5.91 Å². The van der Waals surface area contributed by atoms with E-state index in [0.29, 0.717) is 30.6 Å². The molecule has 3 N–H and O–H groups in total. The second kappa shape index (κ2) is 7.44. The Kier molecular flexibility index (Phi) is 4.94. The fourth-order valence-electron chi connectivity index (χ4n) is 4.32. The van der Waals surface area contributed by atoms with Crippen LogP contribution in [0.1, 0.15) is 27.9 Å². The Morgan fingerprint density at radius 1 is 1.27 bits per heavy atom. The Balaban J connectivity index is 1.85. The Bertz CT molecular complexity index is 1210. The average Bonchev–Trinajstić information content (AvgIpc) is 3.01. The van der Waals surface area contributed by atoms with Gasteiger partial charge in [0, 0.05) is 29.7 Å². The number of fused-ring (bicyclic) bond motifs is 2. The lowest BCUT2D eigenvalue weighted by Gasteiger charge is -2.28. The van der Waals surface area contributed by atoms with Crippen LogP contribution in [0.25, 0.3) is 22.0 Å². The molecule has 2 amide bonds. The van der Waals surface area contributed by atoms with Crippen molar-refractivity contribution in [3.05, 3.63) is 70.7 Å². The van der Waals surface area contributed by atoms with Crippen molar-refractivity contribution in [3.8, 4) is 11.1 Å². The van der Waals surface area contributed by atoms with Crippen LogP contribution >= 0.6 is 0 Å². The normalized spacial score (nSPS) is 13.4.